The van der Waals surface area contributed by atoms with Gasteiger partial charge in [0.15, 0.2) is 0 Å². The first-order chi connectivity index (χ1) is 6.86. The van der Waals surface area contributed by atoms with Crippen molar-refractivity contribution in [2.45, 2.75) is 11.6 Å². The molecule has 0 bridgehead atoms. The zero-order valence-electron chi connectivity index (χ0n) is 7.58. The Morgan fingerprint density at radius 3 is 1.53 bits per heavy atom. The van der Waals surface area contributed by atoms with E-state index in [1.54, 1.807) is 0 Å². The number of hydrogen-bond donors (Lipinski definition) is 0. The van der Waals surface area contributed by atoms with Gasteiger partial charge < -0.3 is 0 Å². The van der Waals surface area contributed by atoms with Crippen LogP contribution in [-0.2, 0) is 18.3 Å². The van der Waals surface area contributed by atoms with Gasteiger partial charge in [0.25, 0.3) is 0 Å². The Bertz CT molecular complexity index is 364. The molecule has 0 saturated heterocycles. The van der Waals surface area contributed by atoms with Crippen LogP contribution >= 0.6 is 0 Å². The summed E-state index contributed by atoms with van der Waals surface area (Å²) in [5.41, 5.74) is 0. The van der Waals surface area contributed by atoms with Crippen molar-refractivity contribution in [3.05, 3.63) is 29.1 Å². The van der Waals surface area contributed by atoms with Gasteiger partial charge in [-0.2, -0.15) is 0 Å². The molecule has 79 valence electrons. The average Bonchev–Trinajstić information content (AvgIpc) is 2.18. The van der Waals surface area contributed by atoms with Gasteiger partial charge in [-0.25, -0.2) is 0 Å². The summed E-state index contributed by atoms with van der Waals surface area (Å²) in [5.74, 6) is -11.3. The molecular formula is C8H4F5OZn. The van der Waals surface area contributed by atoms with E-state index in [1.807, 2.05) is 0 Å². The normalized spacial score (nSPS) is 12.8. The molecule has 0 saturated carbocycles. The Balaban J connectivity index is 3.39. The third kappa shape index (κ3) is 2.28. The average molecular weight is 276 g/mol. The Hall–Kier alpha value is -0.707. The molecule has 1 aromatic rings. The summed E-state index contributed by atoms with van der Waals surface area (Å²) in [6.07, 6.45) is 0. The van der Waals surface area contributed by atoms with E-state index in [0.717, 1.165) is 0 Å². The molecule has 1 aromatic carbocycles. The maximum atomic E-state index is 12.9. The van der Waals surface area contributed by atoms with E-state index in [0.29, 0.717) is 18.3 Å². The number of halogens is 5. The van der Waals surface area contributed by atoms with Crippen molar-refractivity contribution in [3.8, 4) is 5.75 Å². The molecule has 0 radical (unpaired) electrons. The minimum atomic E-state index is -2.18. The fraction of sp³-hybridized carbons (Fsp3) is 0.250. The molecule has 0 heterocycles. The summed E-state index contributed by atoms with van der Waals surface area (Å²) in [6, 6.07) is 0. The zero-order valence-corrected chi connectivity index (χ0v) is 10.5. The van der Waals surface area contributed by atoms with Crippen LogP contribution in [0.25, 0.3) is 0 Å². The SMILES string of the molecule is C[CH]([Zn])Oc1c(F)c(F)c(F)c(F)c1F. The van der Waals surface area contributed by atoms with Crippen LogP contribution < -0.4 is 4.74 Å². The van der Waals surface area contributed by atoms with Gasteiger partial charge in [0.05, 0.1) is 0 Å². The van der Waals surface area contributed by atoms with Gasteiger partial charge in [0, 0.05) is 0 Å². The van der Waals surface area contributed by atoms with Gasteiger partial charge in [-0.05, 0) is 0 Å². The summed E-state index contributed by atoms with van der Waals surface area (Å²) in [5, 5.41) is 0. The molecular weight excluding hydrogens is 272 g/mol. The van der Waals surface area contributed by atoms with E-state index >= 15 is 0 Å². The molecule has 1 atom stereocenters. The van der Waals surface area contributed by atoms with Gasteiger partial charge in [0.2, 0.25) is 0 Å². The van der Waals surface area contributed by atoms with Gasteiger partial charge in [0.1, 0.15) is 0 Å². The molecule has 0 aliphatic carbocycles. The zero-order chi connectivity index (χ0) is 11.7. The second-order valence-corrected chi connectivity index (χ2v) is 5.24. The summed E-state index contributed by atoms with van der Waals surface area (Å²) in [4.78, 5) is 0. The predicted octanol–water partition coefficient (Wildman–Crippen LogP) is 2.65. The van der Waals surface area contributed by atoms with Crippen molar-refractivity contribution in [2.75, 3.05) is 0 Å². The Kier molecular flexibility index (Phi) is 3.65. The van der Waals surface area contributed by atoms with E-state index < -0.39 is 39.5 Å². The maximum absolute atomic E-state index is 12.9. The van der Waals surface area contributed by atoms with Crippen LogP contribution in [0.5, 0.6) is 5.75 Å². The van der Waals surface area contributed by atoms with E-state index in [2.05, 4.69) is 4.74 Å². The van der Waals surface area contributed by atoms with Crippen LogP contribution in [-0.4, -0.2) is 4.70 Å². The van der Waals surface area contributed by atoms with Gasteiger partial charge >= 0.3 is 91.4 Å². The van der Waals surface area contributed by atoms with Crippen molar-refractivity contribution in [2.24, 2.45) is 0 Å². The van der Waals surface area contributed by atoms with Crippen LogP contribution in [0.4, 0.5) is 22.0 Å². The van der Waals surface area contributed by atoms with E-state index in [9.17, 15) is 22.0 Å². The second-order valence-electron chi connectivity index (χ2n) is 2.83. The van der Waals surface area contributed by atoms with Crippen molar-refractivity contribution in [1.82, 2.24) is 0 Å². The molecule has 0 aliphatic heterocycles. The van der Waals surface area contributed by atoms with E-state index in [1.165, 1.54) is 6.92 Å². The molecule has 0 amide bonds. The van der Waals surface area contributed by atoms with Crippen LogP contribution in [0.3, 0.4) is 0 Å². The summed E-state index contributed by atoms with van der Waals surface area (Å²) >= 11 is 0.499. The fourth-order valence-electron chi connectivity index (χ4n) is 0.889. The summed E-state index contributed by atoms with van der Waals surface area (Å²) in [7, 11) is 0. The van der Waals surface area contributed by atoms with E-state index in [4.69, 9.17) is 0 Å². The molecule has 0 aromatic heterocycles. The van der Waals surface area contributed by atoms with Gasteiger partial charge in [-0.1, -0.05) is 0 Å². The Morgan fingerprint density at radius 1 is 0.867 bits per heavy atom. The third-order valence-corrected chi connectivity index (χ3v) is 1.84. The van der Waals surface area contributed by atoms with Crippen LogP contribution in [0.2, 0.25) is 0 Å². The molecule has 0 aliphatic rings. The molecule has 1 rings (SSSR count). The predicted molar refractivity (Wildman–Crippen MR) is 36.3 cm³/mol. The Morgan fingerprint density at radius 2 is 1.20 bits per heavy atom. The van der Waals surface area contributed by atoms with Crippen molar-refractivity contribution < 1.29 is 45.0 Å². The summed E-state index contributed by atoms with van der Waals surface area (Å²) < 4.78 is 67.6. The van der Waals surface area contributed by atoms with Crippen LogP contribution in [0.15, 0.2) is 0 Å². The third-order valence-electron chi connectivity index (χ3n) is 1.49. The van der Waals surface area contributed by atoms with Crippen molar-refractivity contribution in [1.29, 1.82) is 0 Å². The topological polar surface area (TPSA) is 9.23 Å². The Labute approximate surface area is 91.9 Å². The molecule has 1 unspecified atom stereocenters. The molecule has 7 heteroatoms. The van der Waals surface area contributed by atoms with Gasteiger partial charge in [-0.15, -0.1) is 0 Å². The van der Waals surface area contributed by atoms with Crippen molar-refractivity contribution in [3.63, 3.8) is 0 Å². The quantitative estimate of drug-likeness (QED) is 0.349. The molecule has 15 heavy (non-hydrogen) atoms. The van der Waals surface area contributed by atoms with Gasteiger partial charge in [-0.3, -0.25) is 0 Å². The molecule has 1 nitrogen and oxygen atoms in total. The number of ether oxygens (including phenoxy) is 1. The molecule has 0 fully saturated rings. The first-order valence-electron chi connectivity index (χ1n) is 3.87. The second kappa shape index (κ2) is 4.43. The standard InChI is InChI=1S/C8H4F5O.Zn/c1-2-14-8-6(12)4(10)3(9)5(11)7(8)13;/h2H,1H3;. The minimum absolute atomic E-state index is 0.499. The van der Waals surface area contributed by atoms with Crippen LogP contribution in [0.1, 0.15) is 6.92 Å². The summed E-state index contributed by atoms with van der Waals surface area (Å²) in [6.45, 7) is 1.46. The monoisotopic (exact) mass is 275 g/mol. The number of hydrogen-bond acceptors (Lipinski definition) is 1. The number of rotatable bonds is 2. The van der Waals surface area contributed by atoms with E-state index in [-0.39, 0.29) is 0 Å². The first-order valence-corrected chi connectivity index (χ1v) is 5.58. The van der Waals surface area contributed by atoms with Crippen LogP contribution in [0, 0.1) is 29.1 Å². The molecule has 0 N–H and O–H groups in total. The fourth-order valence-corrected chi connectivity index (χ4v) is 1.24. The first kappa shape index (κ1) is 12.4. The van der Waals surface area contributed by atoms with Crippen molar-refractivity contribution >= 4 is 0 Å². The molecule has 0 spiro atoms. The number of benzene rings is 1.